The maximum Gasteiger partial charge on any atom is 0.170 e. The number of aromatic nitrogens is 3. The minimum Gasteiger partial charge on any atom is -0.352 e. The average molecular weight is 508 g/mol. The van der Waals surface area contributed by atoms with Gasteiger partial charge in [-0.25, -0.2) is 0 Å². The van der Waals surface area contributed by atoms with Crippen molar-refractivity contribution in [1.82, 2.24) is 24.8 Å². The second-order valence-electron chi connectivity index (χ2n) is 8.37. The Morgan fingerprint density at radius 1 is 1.00 bits per heavy atom. The summed E-state index contributed by atoms with van der Waals surface area (Å²) in [5.74, 6) is 0. The zero-order chi connectivity index (χ0) is 23.8. The number of pyridine rings is 2. The number of hydrogen-bond acceptors (Lipinski definition) is 3. The predicted molar refractivity (Wildman–Crippen MR) is 140 cm³/mol. The standard InChI is InChI=1S/C26H23Cl2N5S/c1-16-13-20(17(2)33(16)23-7-6-19(27)14-21(23)28)25-24(22-5-3-4-10-30-22)31-26(34)32(25)15-18-8-11-29-12-9-18/h3-14,24-25H,15H2,1-2H3,(H,31,34). The number of nitrogens with zero attached hydrogens (tertiary/aromatic N) is 4. The van der Waals surface area contributed by atoms with Gasteiger partial charge in [-0.1, -0.05) is 29.3 Å². The molecule has 5 rings (SSSR count). The lowest BCUT2D eigenvalue weighted by molar-refractivity contribution is 0.310. The zero-order valence-electron chi connectivity index (χ0n) is 18.7. The molecule has 1 saturated heterocycles. The number of rotatable bonds is 5. The summed E-state index contributed by atoms with van der Waals surface area (Å²) in [6.07, 6.45) is 5.43. The second kappa shape index (κ2) is 9.37. The fourth-order valence-corrected chi connectivity index (χ4v) is 5.52. The molecule has 1 aliphatic rings. The Bertz CT molecular complexity index is 1340. The third-order valence-corrected chi connectivity index (χ3v) is 7.13. The molecule has 0 amide bonds. The second-order valence-corrected chi connectivity index (χ2v) is 9.60. The van der Waals surface area contributed by atoms with E-state index < -0.39 is 0 Å². The van der Waals surface area contributed by atoms with Gasteiger partial charge in [-0.05, 0) is 85.7 Å². The lowest BCUT2D eigenvalue weighted by atomic mass is 9.96. The molecule has 0 spiro atoms. The van der Waals surface area contributed by atoms with Crippen LogP contribution >= 0.6 is 35.4 Å². The van der Waals surface area contributed by atoms with Crippen LogP contribution in [0.1, 0.15) is 40.3 Å². The van der Waals surface area contributed by atoms with Crippen LogP contribution in [0.5, 0.6) is 0 Å². The van der Waals surface area contributed by atoms with E-state index in [0.29, 0.717) is 21.7 Å². The molecule has 8 heteroatoms. The smallest absolute Gasteiger partial charge is 0.170 e. The summed E-state index contributed by atoms with van der Waals surface area (Å²) in [7, 11) is 0. The van der Waals surface area contributed by atoms with Crippen LogP contribution < -0.4 is 5.32 Å². The molecule has 0 bridgehead atoms. The van der Waals surface area contributed by atoms with Crippen molar-refractivity contribution in [2.45, 2.75) is 32.5 Å². The highest BCUT2D eigenvalue weighted by molar-refractivity contribution is 7.80. The van der Waals surface area contributed by atoms with E-state index in [1.807, 2.05) is 61.1 Å². The Morgan fingerprint density at radius 2 is 1.79 bits per heavy atom. The molecule has 34 heavy (non-hydrogen) atoms. The molecular formula is C26H23Cl2N5S. The van der Waals surface area contributed by atoms with E-state index in [9.17, 15) is 0 Å². The SMILES string of the molecule is Cc1cc(C2C(c3ccccn3)NC(=S)N2Cc2ccncc2)c(C)n1-c1ccc(Cl)cc1Cl. The van der Waals surface area contributed by atoms with Crippen molar-refractivity contribution in [2.75, 3.05) is 0 Å². The molecule has 0 aliphatic carbocycles. The first-order chi connectivity index (χ1) is 16.4. The van der Waals surface area contributed by atoms with E-state index in [-0.39, 0.29) is 12.1 Å². The van der Waals surface area contributed by atoms with Crippen molar-refractivity contribution in [3.8, 4) is 5.69 Å². The molecule has 4 heterocycles. The van der Waals surface area contributed by atoms with Gasteiger partial charge in [0.2, 0.25) is 0 Å². The molecule has 2 atom stereocenters. The van der Waals surface area contributed by atoms with Crippen molar-refractivity contribution in [3.63, 3.8) is 0 Å². The summed E-state index contributed by atoms with van der Waals surface area (Å²) in [4.78, 5) is 11.0. The van der Waals surface area contributed by atoms with Crippen molar-refractivity contribution < 1.29 is 0 Å². The number of nitrogens with one attached hydrogen (secondary N) is 1. The van der Waals surface area contributed by atoms with E-state index in [0.717, 1.165) is 28.3 Å². The molecule has 0 saturated carbocycles. The summed E-state index contributed by atoms with van der Waals surface area (Å²) in [5.41, 5.74) is 6.33. The average Bonchev–Trinajstić information content (AvgIpc) is 3.30. The van der Waals surface area contributed by atoms with Gasteiger partial charge in [-0.2, -0.15) is 0 Å². The molecule has 1 fully saturated rings. The minimum atomic E-state index is -0.0924. The van der Waals surface area contributed by atoms with Gasteiger partial charge < -0.3 is 14.8 Å². The number of thiocarbonyl (C=S) groups is 1. The first kappa shape index (κ1) is 22.8. The van der Waals surface area contributed by atoms with Gasteiger partial charge in [0.15, 0.2) is 5.11 Å². The molecular weight excluding hydrogens is 485 g/mol. The Morgan fingerprint density at radius 3 is 2.50 bits per heavy atom. The van der Waals surface area contributed by atoms with Crippen LogP contribution in [0.4, 0.5) is 0 Å². The van der Waals surface area contributed by atoms with Crippen molar-refractivity contribution in [1.29, 1.82) is 0 Å². The van der Waals surface area contributed by atoms with Crippen molar-refractivity contribution >= 4 is 40.5 Å². The van der Waals surface area contributed by atoms with Gasteiger partial charge in [0.25, 0.3) is 0 Å². The summed E-state index contributed by atoms with van der Waals surface area (Å²) in [5, 5.41) is 5.45. The van der Waals surface area contributed by atoms with E-state index in [4.69, 9.17) is 35.4 Å². The van der Waals surface area contributed by atoms with E-state index in [1.165, 1.54) is 5.56 Å². The zero-order valence-corrected chi connectivity index (χ0v) is 21.1. The number of hydrogen-bond donors (Lipinski definition) is 1. The quantitative estimate of drug-likeness (QED) is 0.318. The monoisotopic (exact) mass is 507 g/mol. The van der Waals surface area contributed by atoms with Crippen LogP contribution in [0.3, 0.4) is 0 Å². The summed E-state index contributed by atoms with van der Waals surface area (Å²) in [6, 6.07) is 17.7. The fourth-order valence-electron chi connectivity index (χ4n) is 4.72. The first-order valence-corrected chi connectivity index (χ1v) is 12.1. The fraction of sp³-hybridized carbons (Fsp3) is 0.192. The molecule has 2 unspecified atom stereocenters. The summed E-state index contributed by atoms with van der Waals surface area (Å²) >= 11 is 18.6. The van der Waals surface area contributed by atoms with Gasteiger partial charge in [0.05, 0.1) is 28.5 Å². The van der Waals surface area contributed by atoms with Crippen LogP contribution in [0.25, 0.3) is 5.69 Å². The molecule has 1 N–H and O–H groups in total. The molecule has 1 aromatic carbocycles. The van der Waals surface area contributed by atoms with Crippen LogP contribution in [-0.2, 0) is 6.54 Å². The van der Waals surface area contributed by atoms with E-state index in [2.05, 4.69) is 44.7 Å². The minimum absolute atomic E-state index is 0.0541. The molecule has 5 nitrogen and oxygen atoms in total. The largest absolute Gasteiger partial charge is 0.352 e. The highest BCUT2D eigenvalue weighted by Crippen LogP contribution is 2.42. The third-order valence-electron chi connectivity index (χ3n) is 6.24. The predicted octanol–water partition coefficient (Wildman–Crippen LogP) is 6.36. The maximum atomic E-state index is 6.60. The van der Waals surface area contributed by atoms with Crippen molar-refractivity contribution in [2.24, 2.45) is 0 Å². The molecule has 172 valence electrons. The van der Waals surface area contributed by atoms with Gasteiger partial charge in [0.1, 0.15) is 0 Å². The molecule has 0 radical (unpaired) electrons. The Labute approximate surface area is 214 Å². The lowest BCUT2D eigenvalue weighted by Gasteiger charge is -2.28. The molecule has 1 aliphatic heterocycles. The van der Waals surface area contributed by atoms with Crippen molar-refractivity contribution in [3.05, 3.63) is 111 Å². The number of benzene rings is 1. The highest BCUT2D eigenvalue weighted by Gasteiger charge is 2.41. The first-order valence-electron chi connectivity index (χ1n) is 11.0. The van der Waals surface area contributed by atoms with E-state index >= 15 is 0 Å². The molecule has 3 aromatic heterocycles. The van der Waals surface area contributed by atoms with E-state index in [1.54, 1.807) is 6.07 Å². The number of halogens is 2. The summed E-state index contributed by atoms with van der Waals surface area (Å²) in [6.45, 7) is 4.87. The van der Waals surface area contributed by atoms with Gasteiger partial charge in [-0.3, -0.25) is 9.97 Å². The normalized spacial score (nSPS) is 17.8. The molecule has 4 aromatic rings. The number of aryl methyl sites for hydroxylation is 1. The van der Waals surface area contributed by atoms with Gasteiger partial charge in [-0.15, -0.1) is 0 Å². The van der Waals surface area contributed by atoms with Crippen LogP contribution in [0.2, 0.25) is 10.0 Å². The lowest BCUT2D eigenvalue weighted by Crippen LogP contribution is -2.29. The Kier molecular flexibility index (Phi) is 6.30. The third kappa shape index (κ3) is 4.17. The highest BCUT2D eigenvalue weighted by atomic mass is 35.5. The van der Waals surface area contributed by atoms with Gasteiger partial charge >= 0.3 is 0 Å². The Balaban J connectivity index is 1.63. The van der Waals surface area contributed by atoms with Crippen LogP contribution in [-0.4, -0.2) is 24.5 Å². The Hall–Kier alpha value is -2.93. The maximum absolute atomic E-state index is 6.60. The van der Waals surface area contributed by atoms with Gasteiger partial charge in [0, 0.05) is 41.5 Å². The topological polar surface area (TPSA) is 46.0 Å². The van der Waals surface area contributed by atoms with Crippen LogP contribution in [0, 0.1) is 13.8 Å². The van der Waals surface area contributed by atoms with Crippen LogP contribution in [0.15, 0.2) is 73.2 Å². The summed E-state index contributed by atoms with van der Waals surface area (Å²) < 4.78 is 2.18.